The van der Waals surface area contributed by atoms with E-state index in [9.17, 15) is 4.79 Å². The Hall–Kier alpha value is -1.22. The predicted molar refractivity (Wildman–Crippen MR) is 106 cm³/mol. The first-order valence-electron chi connectivity index (χ1n) is 8.91. The summed E-state index contributed by atoms with van der Waals surface area (Å²) < 4.78 is 2.56. The van der Waals surface area contributed by atoms with E-state index < -0.39 is 0 Å². The van der Waals surface area contributed by atoms with E-state index in [1.807, 2.05) is 6.92 Å². The molecule has 1 fully saturated rings. The first kappa shape index (κ1) is 18.2. The van der Waals surface area contributed by atoms with Gasteiger partial charge in [0.25, 0.3) is 5.91 Å². The number of carbonyl (C=O) groups excluding carboxylic acids is 1. The minimum Gasteiger partial charge on any atom is -0.304 e. The standard InChI is InChI=1S/C18H22BrN5OS/c1-3-14-20-18-24(21-14)17(25)16(26-18)15(12-4-6-13(19)7-5-12)23-10-8-22(2)9-11-23/h4-7,15-16H,3,8-11H2,1-2H3. The number of aryl methyl sites for hydroxylation is 1. The molecule has 1 aromatic carbocycles. The van der Waals surface area contributed by atoms with Crippen LogP contribution in [-0.2, 0) is 6.42 Å². The van der Waals surface area contributed by atoms with E-state index in [1.165, 1.54) is 10.2 Å². The van der Waals surface area contributed by atoms with Crippen LogP contribution in [0.25, 0.3) is 0 Å². The SMILES string of the molecule is CCc1nc2n(n1)C(=O)C(C(c1ccc(Br)cc1)N1CCN(C)CC1)S2. The van der Waals surface area contributed by atoms with Crippen LogP contribution >= 0.6 is 27.7 Å². The van der Waals surface area contributed by atoms with Crippen molar-refractivity contribution in [1.82, 2.24) is 24.6 Å². The van der Waals surface area contributed by atoms with Gasteiger partial charge in [-0.3, -0.25) is 9.69 Å². The van der Waals surface area contributed by atoms with Crippen LogP contribution in [0.3, 0.4) is 0 Å². The van der Waals surface area contributed by atoms with Gasteiger partial charge in [0.1, 0.15) is 5.25 Å². The van der Waals surface area contributed by atoms with E-state index in [0.29, 0.717) is 0 Å². The number of piperazine rings is 1. The molecule has 2 aliphatic heterocycles. The van der Waals surface area contributed by atoms with Crippen molar-refractivity contribution in [3.8, 4) is 0 Å². The highest BCUT2D eigenvalue weighted by atomic mass is 79.9. The fourth-order valence-corrected chi connectivity index (χ4v) is 5.07. The summed E-state index contributed by atoms with van der Waals surface area (Å²) in [5, 5.41) is 4.91. The molecule has 2 atom stereocenters. The molecule has 2 aromatic rings. The van der Waals surface area contributed by atoms with Gasteiger partial charge in [-0.25, -0.2) is 4.98 Å². The van der Waals surface area contributed by atoms with Crippen molar-refractivity contribution in [3.05, 3.63) is 40.1 Å². The third-order valence-electron chi connectivity index (χ3n) is 5.05. The van der Waals surface area contributed by atoms with Crippen molar-refractivity contribution < 1.29 is 4.79 Å². The topological polar surface area (TPSA) is 54.3 Å². The number of hydrogen-bond acceptors (Lipinski definition) is 6. The smallest absolute Gasteiger partial charge is 0.264 e. The van der Waals surface area contributed by atoms with E-state index in [2.05, 4.69) is 67.1 Å². The van der Waals surface area contributed by atoms with Crippen LogP contribution in [0.4, 0.5) is 0 Å². The average Bonchev–Trinajstić information content (AvgIpc) is 3.18. The molecule has 26 heavy (non-hydrogen) atoms. The van der Waals surface area contributed by atoms with Gasteiger partial charge in [0.2, 0.25) is 0 Å². The summed E-state index contributed by atoms with van der Waals surface area (Å²) in [6.07, 6.45) is 0.743. The molecule has 4 rings (SSSR count). The van der Waals surface area contributed by atoms with Gasteiger partial charge in [-0.2, -0.15) is 4.68 Å². The van der Waals surface area contributed by atoms with Gasteiger partial charge < -0.3 is 4.90 Å². The number of hydrogen-bond donors (Lipinski definition) is 0. The first-order chi connectivity index (χ1) is 12.6. The van der Waals surface area contributed by atoms with E-state index in [0.717, 1.165) is 48.1 Å². The van der Waals surface area contributed by atoms with E-state index in [1.54, 1.807) is 11.8 Å². The summed E-state index contributed by atoms with van der Waals surface area (Å²) >= 11 is 5.07. The molecule has 1 saturated heterocycles. The lowest BCUT2D eigenvalue weighted by molar-refractivity contribution is 0.0766. The third-order valence-corrected chi connectivity index (χ3v) is 6.77. The van der Waals surface area contributed by atoms with Gasteiger partial charge in [-0.1, -0.05) is 46.7 Å². The molecule has 2 unspecified atom stereocenters. The number of nitrogens with zero attached hydrogens (tertiary/aromatic N) is 5. The van der Waals surface area contributed by atoms with Crippen LogP contribution < -0.4 is 0 Å². The Balaban J connectivity index is 1.66. The molecular formula is C18H22BrN5OS. The summed E-state index contributed by atoms with van der Waals surface area (Å²) in [6, 6.07) is 8.37. The Morgan fingerprint density at radius 3 is 2.54 bits per heavy atom. The molecule has 0 spiro atoms. The fraction of sp³-hybridized carbons (Fsp3) is 0.500. The molecular weight excluding hydrogens is 414 g/mol. The largest absolute Gasteiger partial charge is 0.304 e. The van der Waals surface area contributed by atoms with Gasteiger partial charge in [-0.15, -0.1) is 5.10 Å². The molecule has 0 N–H and O–H groups in total. The normalized spacial score (nSPS) is 22.6. The summed E-state index contributed by atoms with van der Waals surface area (Å²) in [4.78, 5) is 22.4. The molecule has 2 aliphatic rings. The molecule has 1 aromatic heterocycles. The van der Waals surface area contributed by atoms with Crippen molar-refractivity contribution in [2.24, 2.45) is 0 Å². The molecule has 0 amide bonds. The van der Waals surface area contributed by atoms with Crippen molar-refractivity contribution in [1.29, 1.82) is 0 Å². The maximum absolute atomic E-state index is 13.1. The van der Waals surface area contributed by atoms with Crippen molar-refractivity contribution >= 4 is 33.6 Å². The lowest BCUT2D eigenvalue weighted by Gasteiger charge is -2.39. The Morgan fingerprint density at radius 1 is 1.23 bits per heavy atom. The number of carbonyl (C=O) groups is 1. The molecule has 6 nitrogen and oxygen atoms in total. The highest BCUT2D eigenvalue weighted by Crippen LogP contribution is 2.41. The highest BCUT2D eigenvalue weighted by molar-refractivity contribution is 9.10. The molecule has 0 bridgehead atoms. The van der Waals surface area contributed by atoms with Gasteiger partial charge in [-0.05, 0) is 24.7 Å². The van der Waals surface area contributed by atoms with Crippen LogP contribution in [0.1, 0.15) is 29.1 Å². The minimum atomic E-state index is -0.208. The van der Waals surface area contributed by atoms with Crippen LogP contribution in [0, 0.1) is 0 Å². The zero-order valence-electron chi connectivity index (χ0n) is 14.9. The number of fused-ring (bicyclic) bond motifs is 1. The highest BCUT2D eigenvalue weighted by Gasteiger charge is 2.43. The fourth-order valence-electron chi connectivity index (χ4n) is 3.53. The Morgan fingerprint density at radius 2 is 1.92 bits per heavy atom. The maximum Gasteiger partial charge on any atom is 0.264 e. The van der Waals surface area contributed by atoms with Crippen LogP contribution in [0.5, 0.6) is 0 Å². The summed E-state index contributed by atoms with van der Waals surface area (Å²) in [5.41, 5.74) is 1.17. The molecule has 0 saturated carbocycles. The molecule has 3 heterocycles. The van der Waals surface area contributed by atoms with Crippen molar-refractivity contribution in [3.63, 3.8) is 0 Å². The number of aromatic nitrogens is 3. The first-order valence-corrected chi connectivity index (χ1v) is 10.6. The molecule has 138 valence electrons. The Kier molecular flexibility index (Phi) is 5.18. The van der Waals surface area contributed by atoms with Crippen molar-refractivity contribution in [2.75, 3.05) is 33.2 Å². The predicted octanol–water partition coefficient (Wildman–Crippen LogP) is 2.71. The average molecular weight is 436 g/mol. The zero-order chi connectivity index (χ0) is 18.3. The third kappa shape index (κ3) is 3.35. The monoisotopic (exact) mass is 435 g/mol. The number of thioether (sulfide) groups is 1. The Labute approximate surface area is 166 Å². The lowest BCUT2D eigenvalue weighted by atomic mass is 10.00. The summed E-state index contributed by atoms with van der Waals surface area (Å²) in [7, 11) is 2.15. The van der Waals surface area contributed by atoms with Crippen LogP contribution in [0.2, 0.25) is 0 Å². The summed E-state index contributed by atoms with van der Waals surface area (Å²) in [6.45, 7) is 5.95. The second kappa shape index (κ2) is 7.42. The van der Waals surface area contributed by atoms with Gasteiger partial charge >= 0.3 is 0 Å². The van der Waals surface area contributed by atoms with E-state index in [-0.39, 0.29) is 17.2 Å². The van der Waals surface area contributed by atoms with E-state index >= 15 is 0 Å². The Bertz CT molecular complexity index is 800. The number of benzene rings is 1. The quantitative estimate of drug-likeness (QED) is 0.735. The van der Waals surface area contributed by atoms with Gasteiger partial charge in [0.05, 0.1) is 6.04 Å². The van der Waals surface area contributed by atoms with E-state index in [4.69, 9.17) is 0 Å². The second-order valence-corrected chi connectivity index (χ2v) is 8.81. The van der Waals surface area contributed by atoms with Crippen molar-refractivity contribution in [2.45, 2.75) is 29.8 Å². The van der Waals surface area contributed by atoms with Gasteiger partial charge in [0.15, 0.2) is 11.0 Å². The van der Waals surface area contributed by atoms with Gasteiger partial charge in [0, 0.05) is 37.1 Å². The minimum absolute atomic E-state index is 0.0304. The second-order valence-electron chi connectivity index (χ2n) is 6.79. The number of halogens is 1. The summed E-state index contributed by atoms with van der Waals surface area (Å²) in [5.74, 6) is 0.781. The van der Waals surface area contributed by atoms with Crippen LogP contribution in [-0.4, -0.2) is 68.9 Å². The number of rotatable bonds is 4. The molecule has 8 heteroatoms. The lowest BCUT2D eigenvalue weighted by Crippen LogP contribution is -2.49. The number of likely N-dealkylation sites (N-methyl/N-ethyl adjacent to an activating group) is 1. The zero-order valence-corrected chi connectivity index (χ0v) is 17.3. The van der Waals surface area contributed by atoms with Crippen LogP contribution in [0.15, 0.2) is 33.9 Å². The molecule has 0 radical (unpaired) electrons. The maximum atomic E-state index is 13.1. The molecule has 0 aliphatic carbocycles.